The monoisotopic (exact) mass is 182 g/mol. The Bertz CT molecular complexity index is 183. The summed E-state index contributed by atoms with van der Waals surface area (Å²) in [4.78, 5) is 21.7. The van der Waals surface area contributed by atoms with Gasteiger partial charge in [0, 0.05) is 19.3 Å². The second-order valence-electron chi connectivity index (χ2n) is 3.28. The molecule has 0 radical (unpaired) electrons. The molecule has 0 amide bonds. The summed E-state index contributed by atoms with van der Waals surface area (Å²) < 4.78 is 0. The lowest BCUT2D eigenvalue weighted by molar-refractivity contribution is -0.123. The molecule has 0 aromatic heterocycles. The van der Waals surface area contributed by atoms with Gasteiger partial charge in [-0.2, -0.15) is 0 Å². The van der Waals surface area contributed by atoms with Gasteiger partial charge < -0.3 is 4.79 Å². The summed E-state index contributed by atoms with van der Waals surface area (Å²) in [5.41, 5.74) is 0. The Labute approximate surface area is 80.0 Å². The van der Waals surface area contributed by atoms with Crippen molar-refractivity contribution >= 4 is 11.6 Å². The number of rotatable bonds is 8. The zero-order valence-electron chi connectivity index (χ0n) is 8.34. The fourth-order valence-electron chi connectivity index (χ4n) is 1.05. The average molecular weight is 182 g/mol. The summed E-state index contributed by atoms with van der Waals surface area (Å²) in [6.07, 6.45) is 6.21. The first-order chi connectivity index (χ1) is 6.16. The van der Waals surface area contributed by atoms with Crippen molar-refractivity contribution in [2.45, 2.75) is 45.4 Å². The minimum absolute atomic E-state index is 0.0967. The zero-order valence-corrected chi connectivity index (χ0v) is 8.34. The van der Waals surface area contributed by atoms with Gasteiger partial charge in [0.25, 0.3) is 0 Å². The molecule has 0 spiro atoms. The number of ketones is 2. The van der Waals surface area contributed by atoms with E-state index in [1.807, 2.05) is 6.08 Å². The van der Waals surface area contributed by atoms with Crippen molar-refractivity contribution < 1.29 is 9.59 Å². The smallest absolute Gasteiger partial charge is 0.133 e. The molecule has 74 valence electrons. The third-order valence-electron chi connectivity index (χ3n) is 1.87. The zero-order chi connectivity index (χ0) is 10.1. The van der Waals surface area contributed by atoms with E-state index in [9.17, 15) is 9.59 Å². The van der Waals surface area contributed by atoms with Crippen LogP contribution in [0.4, 0.5) is 0 Å². The van der Waals surface area contributed by atoms with Crippen LogP contribution in [0, 0.1) is 0 Å². The molecular formula is C11H18O2. The lowest BCUT2D eigenvalue weighted by atomic mass is 10.1. The molecule has 0 aliphatic rings. The predicted octanol–water partition coefficient (Wildman–Crippen LogP) is 2.67. The van der Waals surface area contributed by atoms with Crippen LogP contribution in [0.25, 0.3) is 0 Å². The maximum absolute atomic E-state index is 11.1. The molecule has 2 nitrogen and oxygen atoms in total. The van der Waals surface area contributed by atoms with Crippen LogP contribution in [0.1, 0.15) is 45.4 Å². The average Bonchev–Trinajstić information content (AvgIpc) is 2.09. The molecule has 13 heavy (non-hydrogen) atoms. The van der Waals surface area contributed by atoms with E-state index < -0.39 is 0 Å². The number of Topliss-reactive ketones (excluding diaryl/α,β-unsaturated/α-hetero) is 2. The van der Waals surface area contributed by atoms with Crippen molar-refractivity contribution in [2.24, 2.45) is 0 Å². The Morgan fingerprint density at radius 1 is 1.15 bits per heavy atom. The second kappa shape index (κ2) is 7.71. The first kappa shape index (κ1) is 12.1. The van der Waals surface area contributed by atoms with Crippen LogP contribution in [0.3, 0.4) is 0 Å². The van der Waals surface area contributed by atoms with Gasteiger partial charge in [-0.05, 0) is 26.2 Å². The lowest BCUT2D eigenvalue weighted by Gasteiger charge is -1.97. The summed E-state index contributed by atoms with van der Waals surface area (Å²) in [5.74, 6) is 0.304. The van der Waals surface area contributed by atoms with E-state index in [-0.39, 0.29) is 11.6 Å². The first-order valence-corrected chi connectivity index (χ1v) is 4.79. The maximum Gasteiger partial charge on any atom is 0.133 e. The quantitative estimate of drug-likeness (QED) is 0.427. The number of unbranched alkanes of at least 4 members (excludes halogenated alkanes) is 2. The van der Waals surface area contributed by atoms with Crippen LogP contribution in [-0.4, -0.2) is 11.6 Å². The highest BCUT2D eigenvalue weighted by Crippen LogP contribution is 2.04. The van der Waals surface area contributed by atoms with Crippen LogP contribution >= 0.6 is 0 Å². The van der Waals surface area contributed by atoms with Crippen molar-refractivity contribution in [3.05, 3.63) is 12.7 Å². The van der Waals surface area contributed by atoms with Crippen molar-refractivity contribution in [2.75, 3.05) is 0 Å². The number of hydrogen-bond acceptors (Lipinski definition) is 2. The summed E-state index contributed by atoms with van der Waals surface area (Å²) in [6.45, 7) is 5.13. The molecule has 0 fully saturated rings. The lowest BCUT2D eigenvalue weighted by Crippen LogP contribution is -2.01. The number of carbonyl (C=O) groups excluding carboxylic acids is 2. The third kappa shape index (κ3) is 8.99. The van der Waals surface area contributed by atoms with E-state index >= 15 is 0 Å². The van der Waals surface area contributed by atoms with Gasteiger partial charge in [-0.3, -0.25) is 4.79 Å². The Morgan fingerprint density at radius 2 is 1.85 bits per heavy atom. The van der Waals surface area contributed by atoms with Gasteiger partial charge in [0.05, 0.1) is 0 Å². The third-order valence-corrected chi connectivity index (χ3v) is 1.87. The van der Waals surface area contributed by atoms with Crippen LogP contribution in [-0.2, 0) is 9.59 Å². The van der Waals surface area contributed by atoms with E-state index in [0.717, 1.165) is 19.3 Å². The van der Waals surface area contributed by atoms with Crippen LogP contribution in [0.5, 0.6) is 0 Å². The highest BCUT2D eigenvalue weighted by Gasteiger charge is 2.02. The molecule has 0 aromatic rings. The predicted molar refractivity (Wildman–Crippen MR) is 53.6 cm³/mol. The summed E-state index contributed by atoms with van der Waals surface area (Å²) in [5, 5.41) is 0. The fourth-order valence-corrected chi connectivity index (χ4v) is 1.05. The molecule has 0 saturated heterocycles. The molecule has 0 aliphatic heterocycles. The minimum atomic E-state index is 0.0967. The van der Waals surface area contributed by atoms with Crippen molar-refractivity contribution in [3.63, 3.8) is 0 Å². The van der Waals surface area contributed by atoms with Gasteiger partial charge in [-0.25, -0.2) is 0 Å². The van der Waals surface area contributed by atoms with E-state index in [1.54, 1.807) is 0 Å². The standard InChI is InChI=1S/C11H18O2/c1-3-4-5-6-7-11(13)9-8-10(2)12/h3H,1,4-9H2,2H3. The fraction of sp³-hybridized carbons (Fsp3) is 0.636. The molecule has 0 aromatic carbocycles. The normalized spacial score (nSPS) is 9.62. The highest BCUT2D eigenvalue weighted by molar-refractivity contribution is 5.84. The first-order valence-electron chi connectivity index (χ1n) is 4.79. The highest BCUT2D eigenvalue weighted by atomic mass is 16.1. The molecule has 0 unspecified atom stereocenters. The van der Waals surface area contributed by atoms with Crippen molar-refractivity contribution in [1.29, 1.82) is 0 Å². The molecule has 0 N–H and O–H groups in total. The molecule has 0 aliphatic carbocycles. The van der Waals surface area contributed by atoms with Crippen molar-refractivity contribution in [3.8, 4) is 0 Å². The molecule has 0 heterocycles. The van der Waals surface area contributed by atoms with E-state index in [4.69, 9.17) is 0 Å². The van der Waals surface area contributed by atoms with Gasteiger partial charge in [0.15, 0.2) is 0 Å². The minimum Gasteiger partial charge on any atom is -0.300 e. The number of allylic oxidation sites excluding steroid dienone is 1. The second-order valence-corrected chi connectivity index (χ2v) is 3.28. The topological polar surface area (TPSA) is 34.1 Å². The Morgan fingerprint density at radius 3 is 2.38 bits per heavy atom. The van der Waals surface area contributed by atoms with E-state index in [1.165, 1.54) is 6.92 Å². The van der Waals surface area contributed by atoms with Crippen molar-refractivity contribution in [1.82, 2.24) is 0 Å². The molecule has 0 atom stereocenters. The van der Waals surface area contributed by atoms with Gasteiger partial charge in [0.1, 0.15) is 11.6 Å². The maximum atomic E-state index is 11.1. The number of carbonyl (C=O) groups is 2. The summed E-state index contributed by atoms with van der Waals surface area (Å²) >= 11 is 0. The molecule has 0 bridgehead atoms. The van der Waals surface area contributed by atoms with Crippen LogP contribution in [0.2, 0.25) is 0 Å². The molecule has 0 saturated carbocycles. The van der Waals surface area contributed by atoms with Gasteiger partial charge in [0.2, 0.25) is 0 Å². The molecular weight excluding hydrogens is 164 g/mol. The number of hydrogen-bond donors (Lipinski definition) is 0. The van der Waals surface area contributed by atoms with E-state index in [0.29, 0.717) is 19.3 Å². The molecule has 0 rings (SSSR count). The summed E-state index contributed by atoms with van der Waals surface area (Å²) in [6, 6.07) is 0. The van der Waals surface area contributed by atoms with Crippen LogP contribution < -0.4 is 0 Å². The summed E-state index contributed by atoms with van der Waals surface area (Å²) in [7, 11) is 0. The molecule has 2 heteroatoms. The van der Waals surface area contributed by atoms with Gasteiger partial charge in [-0.15, -0.1) is 6.58 Å². The Kier molecular flexibility index (Phi) is 7.17. The largest absolute Gasteiger partial charge is 0.300 e. The van der Waals surface area contributed by atoms with Crippen LogP contribution in [0.15, 0.2) is 12.7 Å². The SMILES string of the molecule is C=CCCCCC(=O)CCC(C)=O. The Hall–Kier alpha value is -0.920. The van der Waals surface area contributed by atoms with E-state index in [2.05, 4.69) is 6.58 Å². The Balaban J connectivity index is 3.30. The van der Waals surface area contributed by atoms with Gasteiger partial charge in [-0.1, -0.05) is 6.08 Å². The van der Waals surface area contributed by atoms with Gasteiger partial charge >= 0.3 is 0 Å².